The molecule has 0 spiro atoms. The summed E-state index contributed by atoms with van der Waals surface area (Å²) >= 11 is 0. The molecule has 4 aromatic heterocycles. The van der Waals surface area contributed by atoms with Gasteiger partial charge < -0.3 is 50.2 Å². The van der Waals surface area contributed by atoms with Gasteiger partial charge in [0, 0.05) is 132 Å². The number of aryl methyl sites for hydroxylation is 4. The number of rotatable bonds is 18. The van der Waals surface area contributed by atoms with Crippen LogP contribution in [0.1, 0.15) is 158 Å². The highest BCUT2D eigenvalue weighted by molar-refractivity contribution is 6.00. The topological polar surface area (TPSA) is 220 Å². The highest BCUT2D eigenvalue weighted by Crippen LogP contribution is 2.38. The molecule has 1 aliphatic heterocycles. The van der Waals surface area contributed by atoms with Crippen LogP contribution in [0.4, 0.5) is 11.4 Å². The van der Waals surface area contributed by atoms with Crippen LogP contribution in [-0.2, 0) is 13.1 Å². The second-order valence-electron chi connectivity index (χ2n) is 24.2. The summed E-state index contributed by atoms with van der Waals surface area (Å²) < 4.78 is 0. The smallest absolute Gasteiger partial charge is 0.272 e. The molecular formula is C68H89N11O7. The zero-order valence-electron chi connectivity index (χ0n) is 52.5. The first kappa shape index (κ1) is 64.2. The van der Waals surface area contributed by atoms with Crippen LogP contribution in [0, 0.1) is 41.5 Å². The quantitative estimate of drug-likeness (QED) is 0.0508. The first-order chi connectivity index (χ1) is 41.1. The number of carbonyl (C=O) groups is 4. The summed E-state index contributed by atoms with van der Waals surface area (Å²) in [5, 5.41) is 15.9. The molecule has 1 atom stereocenters. The summed E-state index contributed by atoms with van der Waals surface area (Å²) in [5.41, 5.74) is 12.9. The average molecular weight is 1170 g/mol. The summed E-state index contributed by atoms with van der Waals surface area (Å²) in [6.07, 6.45) is 13.0. The largest absolute Gasteiger partial charge is 0.391 e. The van der Waals surface area contributed by atoms with Crippen LogP contribution in [0.3, 0.4) is 0 Å². The van der Waals surface area contributed by atoms with Gasteiger partial charge in [-0.25, -0.2) is 0 Å². The second-order valence-corrected chi connectivity index (χ2v) is 24.2. The predicted octanol–water partition coefficient (Wildman–Crippen LogP) is 9.00. The van der Waals surface area contributed by atoms with Crippen LogP contribution >= 0.6 is 0 Å². The molecule has 3 fully saturated rings. The Labute approximate surface area is 506 Å². The van der Waals surface area contributed by atoms with E-state index in [2.05, 4.69) is 104 Å². The third-order valence-corrected chi connectivity index (χ3v) is 18.1. The fourth-order valence-corrected chi connectivity index (χ4v) is 13.0. The Morgan fingerprint density at radius 1 is 0.593 bits per heavy atom. The lowest BCUT2D eigenvalue weighted by atomic mass is 9.88. The molecule has 5 heterocycles. The minimum Gasteiger partial charge on any atom is -0.391 e. The van der Waals surface area contributed by atoms with Gasteiger partial charge in [0.05, 0.1) is 6.10 Å². The number of hydrogen-bond acceptors (Lipinski definition) is 13. The Kier molecular flexibility index (Phi) is 21.3. The zero-order valence-corrected chi connectivity index (χ0v) is 52.5. The number of aliphatic hydroxyl groups is 1. The van der Waals surface area contributed by atoms with Crippen molar-refractivity contribution in [3.8, 4) is 22.3 Å². The number of benzene rings is 2. The van der Waals surface area contributed by atoms with Crippen molar-refractivity contribution in [2.24, 2.45) is 0 Å². The van der Waals surface area contributed by atoms with E-state index in [1.807, 2.05) is 77.9 Å². The molecule has 5 N–H and O–H groups in total. The van der Waals surface area contributed by atoms with Gasteiger partial charge in [0.2, 0.25) is 0 Å². The summed E-state index contributed by atoms with van der Waals surface area (Å²) in [5.74, 6) is -0.677. The van der Waals surface area contributed by atoms with E-state index in [9.17, 15) is 33.9 Å². The molecule has 1 saturated heterocycles. The van der Waals surface area contributed by atoms with Gasteiger partial charge in [-0.05, 0) is 223 Å². The molecule has 0 radical (unpaired) electrons. The Balaban J connectivity index is 0.000000226. The van der Waals surface area contributed by atoms with Crippen molar-refractivity contribution in [1.29, 1.82) is 0 Å². The lowest BCUT2D eigenvalue weighted by molar-refractivity contribution is 0.0758. The third kappa shape index (κ3) is 15.1. The van der Waals surface area contributed by atoms with Gasteiger partial charge >= 0.3 is 0 Å². The standard InChI is InChI=1S/C36H48N6O4.C32H41N5O3/c1-7-42(28-11-9-27(10-12-28)40(5)6)33-18-26(25-8-13-32(37-19-25)36(46)41-15-14-29(43)21-41)17-30(24(33)4)34(44)38-20-31-22(2)16-23(3)39-35(31)45;1-7-37(27-12-10-26(11-13-27)36(5)6)30-16-24(23-8-9-25(19-38)33-17-23)15-28(22(30)4)31(39)34-18-29-20(2)14-21(3)35-32(29)40/h8,13,16-19,27-29,43H,7,9-12,14-15,20-21H2,1-6H3,(H,38,44)(H,39,45);8-9,14-17,19,26-27H,7,10-13,18H2,1-6H3,(H,34,39)(H,35,40)/t27?,28?,29-;/m0./s1. The molecule has 2 aromatic carbocycles. The van der Waals surface area contributed by atoms with Crippen LogP contribution in [0.15, 0.2) is 82.6 Å². The monoisotopic (exact) mass is 1170 g/mol. The lowest BCUT2D eigenvalue weighted by Gasteiger charge is -2.40. The van der Waals surface area contributed by atoms with Crippen LogP contribution in [-0.4, -0.2) is 148 Å². The molecule has 3 aliphatic rings. The average Bonchev–Trinajstić information content (AvgIpc) is 1.87. The van der Waals surface area contributed by atoms with Gasteiger partial charge in [-0.15, -0.1) is 0 Å². The lowest BCUT2D eigenvalue weighted by Crippen LogP contribution is -2.42. The molecule has 2 saturated carbocycles. The number of likely N-dealkylation sites (tertiary alicyclic amines) is 1. The maximum absolute atomic E-state index is 13.9. The van der Waals surface area contributed by atoms with Crippen LogP contribution in [0.5, 0.6) is 0 Å². The number of nitrogens with one attached hydrogen (secondary N) is 4. The maximum atomic E-state index is 13.9. The minimum absolute atomic E-state index is 0.120. The Morgan fingerprint density at radius 3 is 1.37 bits per heavy atom. The minimum atomic E-state index is -0.494. The molecule has 18 nitrogen and oxygen atoms in total. The maximum Gasteiger partial charge on any atom is 0.272 e. The fraction of sp³-hybridized carbons (Fsp3) is 0.471. The van der Waals surface area contributed by atoms with E-state index in [0.29, 0.717) is 77.3 Å². The van der Waals surface area contributed by atoms with E-state index in [4.69, 9.17) is 0 Å². The Morgan fingerprint density at radius 2 is 1.02 bits per heavy atom. The number of H-pyrrole nitrogens is 2. The van der Waals surface area contributed by atoms with Crippen molar-refractivity contribution in [3.63, 3.8) is 0 Å². The molecule has 0 unspecified atom stereocenters. The van der Waals surface area contributed by atoms with Gasteiger partial charge in [-0.1, -0.05) is 12.1 Å². The highest BCUT2D eigenvalue weighted by atomic mass is 16.3. The number of aliphatic hydroxyl groups excluding tert-OH is 1. The van der Waals surface area contributed by atoms with E-state index in [1.165, 1.54) is 0 Å². The predicted molar refractivity (Wildman–Crippen MR) is 342 cm³/mol. The number of anilines is 2. The van der Waals surface area contributed by atoms with Gasteiger partial charge in [0.15, 0.2) is 6.29 Å². The summed E-state index contributed by atoms with van der Waals surface area (Å²) in [7, 11) is 8.59. The van der Waals surface area contributed by atoms with Crippen molar-refractivity contribution < 1.29 is 24.3 Å². The number of amides is 3. The fourth-order valence-electron chi connectivity index (χ4n) is 13.0. The molecular weight excluding hydrogens is 1080 g/mol. The van der Waals surface area contributed by atoms with Crippen molar-refractivity contribution in [2.45, 2.75) is 157 Å². The molecule has 9 rings (SSSR count). The van der Waals surface area contributed by atoms with Crippen LogP contribution in [0.25, 0.3) is 22.3 Å². The van der Waals surface area contributed by atoms with Crippen molar-refractivity contribution >= 4 is 35.4 Å². The van der Waals surface area contributed by atoms with Crippen molar-refractivity contribution in [1.82, 2.24) is 45.3 Å². The van der Waals surface area contributed by atoms with E-state index in [-0.39, 0.29) is 41.9 Å². The third-order valence-electron chi connectivity index (χ3n) is 18.1. The first-order valence-electron chi connectivity index (χ1n) is 30.5. The zero-order chi connectivity index (χ0) is 62.1. The number of carbonyl (C=O) groups excluding carboxylic acids is 4. The van der Waals surface area contributed by atoms with Gasteiger partial charge in [0.25, 0.3) is 28.8 Å². The normalized spacial score (nSPS) is 18.5. The number of hydrogen-bond donors (Lipinski definition) is 5. The summed E-state index contributed by atoms with van der Waals surface area (Å²) in [6, 6.07) is 20.9. The number of β-amino-alcohol motifs (C(OH)–C–C–N with tert-alkyl or cyclic N) is 1. The van der Waals surface area contributed by atoms with Crippen molar-refractivity contribution in [2.75, 3.05) is 64.2 Å². The van der Waals surface area contributed by atoms with E-state index in [1.54, 1.807) is 29.4 Å². The molecule has 6 aromatic rings. The number of aldehydes is 1. The van der Waals surface area contributed by atoms with Crippen LogP contribution in [0.2, 0.25) is 0 Å². The number of aromatic nitrogens is 4. The molecule has 2 aliphatic carbocycles. The second kappa shape index (κ2) is 28.6. The Bertz CT molecular complexity index is 3500. The molecule has 86 heavy (non-hydrogen) atoms. The SMILES string of the molecule is CCN(c1cc(-c2ccc(C(=O)N3CC[C@H](O)C3)nc2)cc(C(=O)NCc2c(C)cc(C)[nH]c2=O)c1C)C1CCC(N(C)C)CC1.CCN(c1cc(-c2ccc(C=O)nc2)cc(C(=O)NCc2c(C)cc(C)[nH]c2=O)c1C)C1CCC(N(C)C)CC1. The molecule has 0 bridgehead atoms. The van der Waals surface area contributed by atoms with Crippen LogP contribution < -0.4 is 31.6 Å². The molecule has 3 amide bonds. The number of nitrogens with zero attached hydrogens (tertiary/aromatic N) is 7. The first-order valence-corrected chi connectivity index (χ1v) is 30.5. The van der Waals surface area contributed by atoms with Crippen molar-refractivity contribution in [3.05, 3.63) is 161 Å². The summed E-state index contributed by atoms with van der Waals surface area (Å²) in [4.78, 5) is 102. The van der Waals surface area contributed by atoms with Gasteiger partial charge in [-0.3, -0.25) is 38.7 Å². The van der Waals surface area contributed by atoms with E-state index >= 15 is 0 Å². The Hall–Kier alpha value is -7.80. The number of pyridine rings is 4. The van der Waals surface area contributed by atoms with Gasteiger partial charge in [0.1, 0.15) is 11.4 Å². The van der Waals surface area contributed by atoms with E-state index < -0.39 is 6.10 Å². The van der Waals surface area contributed by atoms with Gasteiger partial charge in [-0.2, -0.15) is 0 Å². The van der Waals surface area contributed by atoms with E-state index in [0.717, 1.165) is 138 Å². The molecule has 458 valence electrons. The molecule has 18 heteroatoms. The highest BCUT2D eigenvalue weighted by Gasteiger charge is 2.32. The summed E-state index contributed by atoms with van der Waals surface area (Å²) in [6.45, 7) is 18.5. The number of aromatic amines is 2.